The van der Waals surface area contributed by atoms with Gasteiger partial charge in [-0.25, -0.2) is 0 Å². The molecule has 0 bridgehead atoms. The van der Waals surface area contributed by atoms with Crippen molar-refractivity contribution in [3.05, 3.63) is 0 Å². The monoisotopic (exact) mass is 241 g/mol. The molecular formula is C5H8O2Pr. The first kappa shape index (κ1) is 11.5. The van der Waals surface area contributed by atoms with Crippen LogP contribution in [0, 0.1) is 41.3 Å². The van der Waals surface area contributed by atoms with Gasteiger partial charge in [0.1, 0.15) is 11.6 Å². The van der Waals surface area contributed by atoms with Crippen molar-refractivity contribution in [1.29, 1.82) is 0 Å². The van der Waals surface area contributed by atoms with Crippen molar-refractivity contribution in [3.8, 4) is 0 Å². The molecule has 0 spiro atoms. The molecule has 0 atom stereocenters. The molecule has 0 rings (SSSR count). The van der Waals surface area contributed by atoms with E-state index in [1.807, 2.05) is 0 Å². The number of carbonyl (C=O) groups is 2. The van der Waals surface area contributed by atoms with E-state index in [4.69, 9.17) is 0 Å². The topological polar surface area (TPSA) is 34.1 Å². The zero-order chi connectivity index (χ0) is 5.86. The quantitative estimate of drug-likeness (QED) is 0.662. The van der Waals surface area contributed by atoms with Gasteiger partial charge in [0, 0.05) is 41.3 Å². The average Bonchev–Trinajstić information content (AvgIpc) is 1.27. The van der Waals surface area contributed by atoms with Crippen molar-refractivity contribution in [3.63, 3.8) is 0 Å². The van der Waals surface area contributed by atoms with E-state index in [1.165, 1.54) is 13.8 Å². The Morgan fingerprint density at radius 1 is 1.12 bits per heavy atom. The number of carbonyl (C=O) groups excluding carboxylic acids is 2. The van der Waals surface area contributed by atoms with Crippen LogP contribution in [0.25, 0.3) is 0 Å². The first-order chi connectivity index (χ1) is 3.13. The molecule has 3 heteroatoms. The molecule has 0 aliphatic heterocycles. The van der Waals surface area contributed by atoms with Crippen molar-refractivity contribution in [1.82, 2.24) is 0 Å². The summed E-state index contributed by atoms with van der Waals surface area (Å²) in [6.45, 7) is 2.81. The molecule has 0 saturated heterocycles. The van der Waals surface area contributed by atoms with E-state index in [9.17, 15) is 9.59 Å². The van der Waals surface area contributed by atoms with Crippen LogP contribution in [0.3, 0.4) is 0 Å². The number of rotatable bonds is 2. The second-order valence-electron chi connectivity index (χ2n) is 1.58. The van der Waals surface area contributed by atoms with Gasteiger partial charge in [-0.15, -0.1) is 0 Å². The zero-order valence-corrected chi connectivity index (χ0v) is 8.81. The molecule has 0 heterocycles. The summed E-state index contributed by atoms with van der Waals surface area (Å²) in [4.78, 5) is 20.1. The van der Waals surface area contributed by atoms with E-state index < -0.39 is 0 Å². The molecule has 0 saturated carbocycles. The summed E-state index contributed by atoms with van der Waals surface area (Å²) in [6.07, 6.45) is 0.0833. The Morgan fingerprint density at radius 2 is 1.38 bits per heavy atom. The largest absolute Gasteiger partial charge is 0.300 e. The van der Waals surface area contributed by atoms with Gasteiger partial charge in [-0.2, -0.15) is 0 Å². The smallest absolute Gasteiger partial charge is 0.137 e. The fourth-order valence-corrected chi connectivity index (χ4v) is 0.351. The van der Waals surface area contributed by atoms with Crippen LogP contribution in [0.15, 0.2) is 0 Å². The minimum absolute atomic E-state index is 0. The fraction of sp³-hybridized carbons (Fsp3) is 0.600. The number of ketones is 2. The summed E-state index contributed by atoms with van der Waals surface area (Å²) < 4.78 is 0. The molecule has 0 fully saturated rings. The molecule has 8 heavy (non-hydrogen) atoms. The Morgan fingerprint density at radius 3 is 1.38 bits per heavy atom. The molecule has 2 nitrogen and oxygen atoms in total. The molecule has 43 valence electrons. The van der Waals surface area contributed by atoms with Crippen molar-refractivity contribution in [2.75, 3.05) is 0 Å². The van der Waals surface area contributed by atoms with Gasteiger partial charge >= 0.3 is 0 Å². The second kappa shape index (κ2) is 5.83. The summed E-state index contributed by atoms with van der Waals surface area (Å²) >= 11 is 0. The second-order valence-corrected chi connectivity index (χ2v) is 1.58. The summed E-state index contributed by atoms with van der Waals surface area (Å²) in [7, 11) is 0. The molecule has 1 radical (unpaired) electrons. The molecule has 0 amide bonds. The Balaban J connectivity index is 0. The summed E-state index contributed by atoms with van der Waals surface area (Å²) in [6, 6.07) is 0. The Bertz CT molecular complexity index is 86.6. The fourth-order valence-electron chi connectivity index (χ4n) is 0.351. The minimum Gasteiger partial charge on any atom is -0.300 e. The minimum atomic E-state index is -0.0625. The van der Waals surface area contributed by atoms with Crippen LogP contribution < -0.4 is 0 Å². The maximum absolute atomic E-state index is 10.0. The van der Waals surface area contributed by atoms with Gasteiger partial charge in [0.05, 0.1) is 6.42 Å². The van der Waals surface area contributed by atoms with Gasteiger partial charge in [-0.1, -0.05) is 0 Å². The van der Waals surface area contributed by atoms with Crippen LogP contribution in [-0.2, 0) is 9.59 Å². The summed E-state index contributed by atoms with van der Waals surface area (Å²) in [5.74, 6) is -0.125. The predicted octanol–water partition coefficient (Wildman–Crippen LogP) is 0.554. The molecule has 0 aromatic rings. The van der Waals surface area contributed by atoms with Gasteiger partial charge in [-0.05, 0) is 13.8 Å². The number of hydrogen-bond acceptors (Lipinski definition) is 2. The standard InChI is InChI=1S/C5H8O2.Pr/c1-4(6)3-5(2)7;/h3H2,1-2H3;. The molecule has 0 aromatic carbocycles. The summed E-state index contributed by atoms with van der Waals surface area (Å²) in [5, 5.41) is 0. The van der Waals surface area contributed by atoms with Crippen molar-refractivity contribution in [2.45, 2.75) is 20.3 Å². The Labute approximate surface area is 82.0 Å². The predicted molar refractivity (Wildman–Crippen MR) is 26.0 cm³/mol. The molecule has 0 aliphatic rings. The SMILES string of the molecule is CC(=O)CC(C)=O.[Pr]. The third-order valence-electron chi connectivity index (χ3n) is 0.498. The van der Waals surface area contributed by atoms with Crippen LogP contribution in [0.1, 0.15) is 20.3 Å². The summed E-state index contributed by atoms with van der Waals surface area (Å²) in [5.41, 5.74) is 0. The van der Waals surface area contributed by atoms with Crippen LogP contribution in [0.5, 0.6) is 0 Å². The third-order valence-corrected chi connectivity index (χ3v) is 0.498. The Hall–Kier alpha value is 0.704. The van der Waals surface area contributed by atoms with Crippen molar-refractivity contribution in [2.24, 2.45) is 0 Å². The zero-order valence-electron chi connectivity index (χ0n) is 5.10. The van der Waals surface area contributed by atoms with Crippen LogP contribution >= 0.6 is 0 Å². The van der Waals surface area contributed by atoms with Gasteiger partial charge in [0.15, 0.2) is 0 Å². The molecule has 0 N–H and O–H groups in total. The molecule has 0 unspecified atom stereocenters. The number of Topliss-reactive ketones (excluding diaryl/α,β-unsaturated/α-hetero) is 2. The van der Waals surface area contributed by atoms with E-state index in [1.54, 1.807) is 0 Å². The van der Waals surface area contributed by atoms with E-state index in [0.717, 1.165) is 0 Å². The van der Waals surface area contributed by atoms with Gasteiger partial charge in [-0.3, -0.25) is 9.59 Å². The van der Waals surface area contributed by atoms with E-state index >= 15 is 0 Å². The van der Waals surface area contributed by atoms with E-state index in [2.05, 4.69) is 0 Å². The van der Waals surface area contributed by atoms with Gasteiger partial charge < -0.3 is 0 Å². The van der Waals surface area contributed by atoms with Crippen molar-refractivity contribution < 1.29 is 50.9 Å². The van der Waals surface area contributed by atoms with E-state index in [-0.39, 0.29) is 59.3 Å². The molecule has 0 aromatic heterocycles. The van der Waals surface area contributed by atoms with Gasteiger partial charge in [0.2, 0.25) is 0 Å². The van der Waals surface area contributed by atoms with Gasteiger partial charge in [0.25, 0.3) is 0 Å². The average molecular weight is 241 g/mol. The van der Waals surface area contributed by atoms with Crippen molar-refractivity contribution >= 4 is 11.6 Å². The molecular weight excluding hydrogens is 233 g/mol. The third kappa shape index (κ3) is 9.86. The number of hydrogen-bond donors (Lipinski definition) is 0. The molecule has 0 aliphatic carbocycles. The Kier molecular flexibility index (Phi) is 8.38. The van der Waals surface area contributed by atoms with E-state index in [0.29, 0.717) is 0 Å². The normalized spacial score (nSPS) is 7.25. The van der Waals surface area contributed by atoms with Crippen LogP contribution in [0.2, 0.25) is 0 Å². The maximum atomic E-state index is 10.0. The van der Waals surface area contributed by atoms with Crippen LogP contribution in [-0.4, -0.2) is 11.6 Å². The first-order valence-corrected chi connectivity index (χ1v) is 2.12. The van der Waals surface area contributed by atoms with Crippen LogP contribution in [0.4, 0.5) is 0 Å². The maximum Gasteiger partial charge on any atom is 0.137 e. The first-order valence-electron chi connectivity index (χ1n) is 2.12.